The highest BCUT2D eigenvalue weighted by Gasteiger charge is 2.28. The molecule has 0 aliphatic heterocycles. The fourth-order valence-corrected chi connectivity index (χ4v) is 2.31. The lowest BCUT2D eigenvalue weighted by molar-refractivity contribution is -0.117. The minimum atomic E-state index is -0.825. The van der Waals surface area contributed by atoms with Crippen LogP contribution < -0.4 is 5.73 Å². The summed E-state index contributed by atoms with van der Waals surface area (Å²) in [5.41, 5.74) is 5.92. The van der Waals surface area contributed by atoms with Crippen LogP contribution in [0.15, 0.2) is 24.3 Å². The third kappa shape index (κ3) is 5.91. The lowest BCUT2D eigenvalue weighted by Gasteiger charge is -2.27. The van der Waals surface area contributed by atoms with Crippen molar-refractivity contribution in [2.24, 2.45) is 5.73 Å². The van der Waals surface area contributed by atoms with E-state index in [2.05, 4.69) is 6.92 Å². The molecule has 1 amide bonds. The molecule has 0 unspecified atom stereocenters. The predicted molar refractivity (Wildman–Crippen MR) is 81.1 cm³/mol. The van der Waals surface area contributed by atoms with E-state index < -0.39 is 18.3 Å². The van der Waals surface area contributed by atoms with Crippen molar-refractivity contribution in [3.8, 4) is 0 Å². The molecule has 118 valence electrons. The van der Waals surface area contributed by atoms with E-state index in [-0.39, 0.29) is 6.79 Å². The van der Waals surface area contributed by atoms with Gasteiger partial charge in [0.2, 0.25) is 0 Å². The summed E-state index contributed by atoms with van der Waals surface area (Å²) in [6.07, 6.45) is 0.649. The Balaban J connectivity index is 3.00. The number of rotatable bonds is 9. The first-order chi connectivity index (χ1) is 10.1. The first kappa shape index (κ1) is 17.8. The SMILES string of the molecule is CCCC[C@H](OC(N)=O)[C@@H](OCOC)c1ccccc1Cl. The first-order valence-electron chi connectivity index (χ1n) is 6.91. The summed E-state index contributed by atoms with van der Waals surface area (Å²) in [7, 11) is 1.53. The second-order valence-corrected chi connectivity index (χ2v) is 5.04. The van der Waals surface area contributed by atoms with Gasteiger partial charge in [-0.3, -0.25) is 0 Å². The standard InChI is InChI=1S/C15H22ClNO4/c1-3-4-9-13(21-15(17)18)14(20-10-19-2)11-7-5-6-8-12(11)16/h5-8,13-14H,3-4,9-10H2,1-2H3,(H2,17,18)/t13-,14-/m0/s1. The van der Waals surface area contributed by atoms with E-state index in [0.29, 0.717) is 11.4 Å². The van der Waals surface area contributed by atoms with Gasteiger partial charge in [0.15, 0.2) is 0 Å². The van der Waals surface area contributed by atoms with Crippen molar-refractivity contribution in [3.05, 3.63) is 34.9 Å². The predicted octanol–water partition coefficient (Wildman–Crippen LogP) is 3.66. The van der Waals surface area contributed by atoms with Crippen LogP contribution in [-0.2, 0) is 14.2 Å². The van der Waals surface area contributed by atoms with Gasteiger partial charge >= 0.3 is 6.09 Å². The molecule has 5 nitrogen and oxygen atoms in total. The van der Waals surface area contributed by atoms with Crippen LogP contribution in [0.3, 0.4) is 0 Å². The second kappa shape index (κ2) is 9.60. The molecule has 1 aromatic carbocycles. The normalized spacial score (nSPS) is 13.7. The quantitative estimate of drug-likeness (QED) is 0.706. The van der Waals surface area contributed by atoms with Gasteiger partial charge in [0.1, 0.15) is 19.0 Å². The van der Waals surface area contributed by atoms with Gasteiger partial charge in [0, 0.05) is 17.7 Å². The van der Waals surface area contributed by atoms with Crippen LogP contribution in [-0.4, -0.2) is 26.1 Å². The van der Waals surface area contributed by atoms with Crippen molar-refractivity contribution in [1.82, 2.24) is 0 Å². The minimum absolute atomic E-state index is 0.0701. The van der Waals surface area contributed by atoms with Crippen LogP contribution >= 0.6 is 11.6 Å². The van der Waals surface area contributed by atoms with Crippen molar-refractivity contribution in [1.29, 1.82) is 0 Å². The number of unbranched alkanes of at least 4 members (excludes halogenated alkanes) is 1. The molecule has 0 fully saturated rings. The van der Waals surface area contributed by atoms with Gasteiger partial charge in [-0.15, -0.1) is 0 Å². The van der Waals surface area contributed by atoms with Crippen molar-refractivity contribution in [3.63, 3.8) is 0 Å². The average molecular weight is 316 g/mol. The monoisotopic (exact) mass is 315 g/mol. The highest BCUT2D eigenvalue weighted by Crippen LogP contribution is 2.31. The van der Waals surface area contributed by atoms with Gasteiger partial charge < -0.3 is 19.9 Å². The lowest BCUT2D eigenvalue weighted by atomic mass is 10.00. The lowest BCUT2D eigenvalue weighted by Crippen LogP contribution is -2.30. The molecule has 0 bridgehead atoms. The summed E-state index contributed by atoms with van der Waals surface area (Å²) >= 11 is 6.22. The molecule has 6 heteroatoms. The molecule has 2 N–H and O–H groups in total. The van der Waals surface area contributed by atoms with Crippen molar-refractivity contribution in [2.45, 2.75) is 38.4 Å². The maximum atomic E-state index is 11.1. The van der Waals surface area contributed by atoms with Crippen LogP contribution in [0.1, 0.15) is 37.9 Å². The maximum absolute atomic E-state index is 11.1. The fourth-order valence-electron chi connectivity index (χ4n) is 2.07. The van der Waals surface area contributed by atoms with E-state index in [1.54, 1.807) is 6.07 Å². The van der Waals surface area contributed by atoms with E-state index in [0.717, 1.165) is 18.4 Å². The molecular weight excluding hydrogens is 294 g/mol. The number of methoxy groups -OCH3 is 1. The summed E-state index contributed by atoms with van der Waals surface area (Å²) in [5.74, 6) is 0. The molecule has 0 saturated carbocycles. The zero-order valence-corrected chi connectivity index (χ0v) is 13.1. The van der Waals surface area contributed by atoms with Gasteiger partial charge in [0.25, 0.3) is 0 Å². The number of halogens is 1. The molecule has 0 spiro atoms. The minimum Gasteiger partial charge on any atom is -0.443 e. The average Bonchev–Trinajstić information content (AvgIpc) is 2.46. The number of hydrogen-bond donors (Lipinski definition) is 1. The molecule has 0 radical (unpaired) electrons. The summed E-state index contributed by atoms with van der Waals surface area (Å²) in [5, 5.41) is 0.549. The highest BCUT2D eigenvalue weighted by molar-refractivity contribution is 6.31. The summed E-state index contributed by atoms with van der Waals surface area (Å²) < 4.78 is 15.9. The number of ether oxygens (including phenoxy) is 3. The van der Waals surface area contributed by atoms with E-state index in [1.807, 2.05) is 18.2 Å². The van der Waals surface area contributed by atoms with Gasteiger partial charge in [-0.2, -0.15) is 0 Å². The Morgan fingerprint density at radius 1 is 1.38 bits per heavy atom. The molecular formula is C15H22ClNO4. The van der Waals surface area contributed by atoms with Crippen LogP contribution in [0, 0.1) is 0 Å². The van der Waals surface area contributed by atoms with E-state index in [9.17, 15) is 4.79 Å². The molecule has 2 atom stereocenters. The van der Waals surface area contributed by atoms with Crippen LogP contribution in [0.2, 0.25) is 5.02 Å². The Morgan fingerprint density at radius 2 is 2.10 bits per heavy atom. The van der Waals surface area contributed by atoms with E-state index in [4.69, 9.17) is 31.5 Å². The largest absolute Gasteiger partial charge is 0.443 e. The van der Waals surface area contributed by atoms with E-state index >= 15 is 0 Å². The third-order valence-electron chi connectivity index (χ3n) is 3.02. The Labute approximate surface area is 130 Å². The Morgan fingerprint density at radius 3 is 2.67 bits per heavy atom. The smallest absolute Gasteiger partial charge is 0.404 e. The molecule has 0 aliphatic carbocycles. The molecule has 0 saturated heterocycles. The van der Waals surface area contributed by atoms with Crippen LogP contribution in [0.25, 0.3) is 0 Å². The molecule has 21 heavy (non-hydrogen) atoms. The molecule has 1 rings (SSSR count). The maximum Gasteiger partial charge on any atom is 0.404 e. The number of benzene rings is 1. The number of primary amides is 1. The number of carbonyl (C=O) groups is 1. The summed E-state index contributed by atoms with van der Waals surface area (Å²) in [6, 6.07) is 7.29. The van der Waals surface area contributed by atoms with E-state index in [1.165, 1.54) is 7.11 Å². The topological polar surface area (TPSA) is 70.8 Å². The van der Waals surface area contributed by atoms with Crippen LogP contribution in [0.4, 0.5) is 4.79 Å². The molecule has 1 aromatic rings. The second-order valence-electron chi connectivity index (χ2n) is 4.63. The molecule has 0 aliphatic rings. The van der Waals surface area contributed by atoms with Crippen molar-refractivity contribution >= 4 is 17.7 Å². The van der Waals surface area contributed by atoms with Gasteiger partial charge in [-0.1, -0.05) is 43.1 Å². The van der Waals surface area contributed by atoms with Gasteiger partial charge in [-0.25, -0.2) is 4.79 Å². The molecule has 0 aromatic heterocycles. The number of hydrogen-bond acceptors (Lipinski definition) is 4. The van der Waals surface area contributed by atoms with Gasteiger partial charge in [0.05, 0.1) is 0 Å². The number of nitrogens with two attached hydrogens (primary N) is 1. The number of amides is 1. The number of carbonyl (C=O) groups excluding carboxylic acids is 1. The Bertz CT molecular complexity index is 441. The zero-order chi connectivity index (χ0) is 15.7. The zero-order valence-electron chi connectivity index (χ0n) is 12.4. The fraction of sp³-hybridized carbons (Fsp3) is 0.533. The van der Waals surface area contributed by atoms with Crippen molar-refractivity contribution in [2.75, 3.05) is 13.9 Å². The van der Waals surface area contributed by atoms with Gasteiger partial charge in [-0.05, 0) is 18.9 Å². The molecule has 0 heterocycles. The third-order valence-corrected chi connectivity index (χ3v) is 3.37. The summed E-state index contributed by atoms with van der Waals surface area (Å²) in [6.45, 7) is 2.13. The first-order valence-corrected chi connectivity index (χ1v) is 7.29. The Hall–Kier alpha value is -1.30. The highest BCUT2D eigenvalue weighted by atomic mass is 35.5. The van der Waals surface area contributed by atoms with Crippen molar-refractivity contribution < 1.29 is 19.0 Å². The van der Waals surface area contributed by atoms with Crippen LogP contribution in [0.5, 0.6) is 0 Å². The summed E-state index contributed by atoms with van der Waals surface area (Å²) in [4.78, 5) is 11.1. The Kier molecular flexibility index (Phi) is 8.12.